The van der Waals surface area contributed by atoms with Crippen molar-refractivity contribution < 1.29 is 4.74 Å². The van der Waals surface area contributed by atoms with Crippen molar-refractivity contribution in [1.29, 1.82) is 0 Å². The minimum absolute atomic E-state index is 0.633. The second kappa shape index (κ2) is 6.35. The third-order valence-electron chi connectivity index (χ3n) is 2.83. The summed E-state index contributed by atoms with van der Waals surface area (Å²) in [5.41, 5.74) is 0. The summed E-state index contributed by atoms with van der Waals surface area (Å²) in [6.07, 6.45) is 0. The first-order valence-corrected chi connectivity index (χ1v) is 5.34. The molecule has 0 saturated carbocycles. The van der Waals surface area contributed by atoms with Gasteiger partial charge in [-0.2, -0.15) is 0 Å². The van der Waals surface area contributed by atoms with E-state index in [0.717, 1.165) is 32.8 Å². The van der Waals surface area contributed by atoms with Crippen molar-refractivity contribution >= 4 is 0 Å². The van der Waals surface area contributed by atoms with Gasteiger partial charge in [0.05, 0.1) is 6.61 Å². The number of hydrogen-bond donors (Lipinski definition) is 1. The number of rotatable bonds is 5. The average Bonchev–Trinajstić information content (AvgIpc) is 2.17. The topological polar surface area (TPSA) is 27.7 Å². The molecule has 1 saturated heterocycles. The Balaban J connectivity index is 2.36. The fourth-order valence-corrected chi connectivity index (χ4v) is 1.98. The van der Waals surface area contributed by atoms with Gasteiger partial charge in [0.25, 0.3) is 0 Å². The van der Waals surface area contributed by atoms with Gasteiger partial charge >= 0.3 is 0 Å². The Morgan fingerprint density at radius 2 is 2.21 bits per heavy atom. The van der Waals surface area contributed by atoms with Crippen LogP contribution in [0.5, 0.6) is 0 Å². The SMILES string of the molecule is CNCC1CN(C)CCN1CCOC. The minimum Gasteiger partial charge on any atom is -0.383 e. The lowest BCUT2D eigenvalue weighted by Gasteiger charge is -2.39. The third-order valence-corrected chi connectivity index (χ3v) is 2.83. The number of nitrogens with one attached hydrogen (secondary N) is 1. The highest BCUT2D eigenvalue weighted by atomic mass is 16.5. The lowest BCUT2D eigenvalue weighted by atomic mass is 10.1. The molecule has 14 heavy (non-hydrogen) atoms. The van der Waals surface area contributed by atoms with E-state index in [4.69, 9.17) is 4.74 Å². The normalized spacial score (nSPS) is 25.5. The van der Waals surface area contributed by atoms with Gasteiger partial charge in [-0.3, -0.25) is 4.90 Å². The maximum absolute atomic E-state index is 5.12. The molecule has 4 nitrogen and oxygen atoms in total. The summed E-state index contributed by atoms with van der Waals surface area (Å²) in [5.74, 6) is 0. The number of nitrogens with zero attached hydrogens (tertiary/aromatic N) is 2. The zero-order valence-electron chi connectivity index (χ0n) is 9.62. The van der Waals surface area contributed by atoms with E-state index in [0.29, 0.717) is 6.04 Å². The molecule has 1 atom stereocenters. The Morgan fingerprint density at radius 3 is 2.86 bits per heavy atom. The summed E-state index contributed by atoms with van der Waals surface area (Å²) in [6, 6.07) is 0.633. The molecule has 1 fully saturated rings. The number of likely N-dealkylation sites (N-methyl/N-ethyl adjacent to an activating group) is 2. The molecule has 0 aromatic heterocycles. The van der Waals surface area contributed by atoms with Gasteiger partial charge in [0.2, 0.25) is 0 Å². The zero-order valence-corrected chi connectivity index (χ0v) is 9.62. The predicted molar refractivity (Wildman–Crippen MR) is 58.7 cm³/mol. The van der Waals surface area contributed by atoms with Crippen LogP contribution in [0, 0.1) is 0 Å². The van der Waals surface area contributed by atoms with Gasteiger partial charge in [-0.15, -0.1) is 0 Å². The van der Waals surface area contributed by atoms with Gasteiger partial charge in [0.15, 0.2) is 0 Å². The van der Waals surface area contributed by atoms with Crippen molar-refractivity contribution in [3.8, 4) is 0 Å². The average molecular weight is 201 g/mol. The van der Waals surface area contributed by atoms with E-state index in [2.05, 4.69) is 22.2 Å². The molecule has 0 aromatic carbocycles. The number of ether oxygens (including phenoxy) is 1. The Labute approximate surface area is 87.2 Å². The summed E-state index contributed by atoms with van der Waals surface area (Å²) in [7, 11) is 5.97. The highest BCUT2D eigenvalue weighted by Gasteiger charge is 2.23. The lowest BCUT2D eigenvalue weighted by Crippen LogP contribution is -2.55. The highest BCUT2D eigenvalue weighted by Crippen LogP contribution is 2.07. The second-order valence-electron chi connectivity index (χ2n) is 4.00. The van der Waals surface area contributed by atoms with Crippen LogP contribution in [0.15, 0.2) is 0 Å². The molecule has 1 heterocycles. The minimum atomic E-state index is 0.633. The van der Waals surface area contributed by atoms with E-state index in [9.17, 15) is 0 Å². The lowest BCUT2D eigenvalue weighted by molar-refractivity contribution is 0.0629. The largest absolute Gasteiger partial charge is 0.383 e. The summed E-state index contributed by atoms with van der Waals surface area (Å²) in [6.45, 7) is 6.44. The fourth-order valence-electron chi connectivity index (χ4n) is 1.98. The number of methoxy groups -OCH3 is 1. The molecule has 1 aliphatic heterocycles. The van der Waals surface area contributed by atoms with Crippen LogP contribution >= 0.6 is 0 Å². The predicted octanol–water partition coefficient (Wildman–Crippen LogP) is -0.532. The van der Waals surface area contributed by atoms with Crippen LogP contribution in [0.4, 0.5) is 0 Å². The smallest absolute Gasteiger partial charge is 0.0589 e. The van der Waals surface area contributed by atoms with Crippen molar-refractivity contribution in [2.45, 2.75) is 6.04 Å². The molecule has 1 unspecified atom stereocenters. The summed E-state index contributed by atoms with van der Waals surface area (Å²) in [4.78, 5) is 4.91. The second-order valence-corrected chi connectivity index (χ2v) is 4.00. The molecule has 0 amide bonds. The first-order valence-electron chi connectivity index (χ1n) is 5.34. The zero-order chi connectivity index (χ0) is 10.4. The molecule has 4 heteroatoms. The molecule has 0 aromatic rings. The Hall–Kier alpha value is -0.160. The van der Waals surface area contributed by atoms with Gasteiger partial charge in [0, 0.05) is 45.9 Å². The van der Waals surface area contributed by atoms with Crippen LogP contribution < -0.4 is 5.32 Å². The van der Waals surface area contributed by atoms with Crippen LogP contribution in [-0.2, 0) is 4.74 Å². The van der Waals surface area contributed by atoms with E-state index in [1.807, 2.05) is 7.05 Å². The Morgan fingerprint density at radius 1 is 1.43 bits per heavy atom. The van der Waals surface area contributed by atoms with Crippen molar-refractivity contribution in [2.24, 2.45) is 0 Å². The molecule has 1 aliphatic rings. The van der Waals surface area contributed by atoms with Crippen LogP contribution in [-0.4, -0.2) is 76.4 Å². The van der Waals surface area contributed by atoms with Crippen LogP contribution in [0.2, 0.25) is 0 Å². The van der Waals surface area contributed by atoms with Crippen molar-refractivity contribution in [1.82, 2.24) is 15.1 Å². The van der Waals surface area contributed by atoms with Crippen LogP contribution in [0.1, 0.15) is 0 Å². The summed E-state index contributed by atoms with van der Waals surface area (Å²) >= 11 is 0. The first-order chi connectivity index (χ1) is 6.77. The van der Waals surface area contributed by atoms with Gasteiger partial charge in [-0.05, 0) is 14.1 Å². The van der Waals surface area contributed by atoms with E-state index in [1.54, 1.807) is 7.11 Å². The van der Waals surface area contributed by atoms with Crippen LogP contribution in [0.25, 0.3) is 0 Å². The van der Waals surface area contributed by atoms with E-state index >= 15 is 0 Å². The molecular formula is C10H23N3O. The van der Waals surface area contributed by atoms with Crippen molar-refractivity contribution in [3.63, 3.8) is 0 Å². The fraction of sp³-hybridized carbons (Fsp3) is 1.00. The van der Waals surface area contributed by atoms with E-state index in [-0.39, 0.29) is 0 Å². The van der Waals surface area contributed by atoms with E-state index < -0.39 is 0 Å². The number of piperazine rings is 1. The number of hydrogen-bond acceptors (Lipinski definition) is 4. The van der Waals surface area contributed by atoms with Gasteiger partial charge in [-0.25, -0.2) is 0 Å². The quantitative estimate of drug-likeness (QED) is 0.647. The van der Waals surface area contributed by atoms with Gasteiger partial charge in [0.1, 0.15) is 0 Å². The Kier molecular flexibility index (Phi) is 5.40. The summed E-state index contributed by atoms with van der Waals surface area (Å²) in [5, 5.41) is 3.26. The maximum atomic E-state index is 5.12. The molecule has 1 rings (SSSR count). The van der Waals surface area contributed by atoms with Crippen molar-refractivity contribution in [2.75, 3.05) is 60.5 Å². The maximum Gasteiger partial charge on any atom is 0.0589 e. The van der Waals surface area contributed by atoms with Crippen molar-refractivity contribution in [3.05, 3.63) is 0 Å². The monoisotopic (exact) mass is 201 g/mol. The molecule has 0 radical (unpaired) electrons. The Bertz CT molecular complexity index is 152. The van der Waals surface area contributed by atoms with E-state index in [1.165, 1.54) is 6.54 Å². The molecule has 84 valence electrons. The highest BCUT2D eigenvalue weighted by molar-refractivity contribution is 4.81. The first kappa shape index (κ1) is 11.9. The molecule has 0 aliphatic carbocycles. The van der Waals surface area contributed by atoms with Gasteiger partial charge in [-0.1, -0.05) is 0 Å². The molecule has 0 bridgehead atoms. The standard InChI is InChI=1S/C10H23N3O/c1-11-8-10-9-12(2)4-5-13(10)6-7-14-3/h10-11H,4-9H2,1-3H3. The van der Waals surface area contributed by atoms with Gasteiger partial charge < -0.3 is 15.0 Å². The molecule has 0 spiro atoms. The third kappa shape index (κ3) is 3.53. The summed E-state index contributed by atoms with van der Waals surface area (Å²) < 4.78 is 5.12. The molecular weight excluding hydrogens is 178 g/mol. The van der Waals surface area contributed by atoms with Crippen LogP contribution in [0.3, 0.4) is 0 Å². The molecule has 1 N–H and O–H groups in total.